The molecular weight excluding hydrogens is 216 g/mol. The first-order chi connectivity index (χ1) is 6.66. The van der Waals surface area contributed by atoms with E-state index in [2.05, 4.69) is 6.58 Å². The van der Waals surface area contributed by atoms with Crippen LogP contribution in [0.1, 0.15) is 18.0 Å². The highest BCUT2D eigenvalue weighted by atomic mass is 35.5. The van der Waals surface area contributed by atoms with Crippen molar-refractivity contribution >= 4 is 18.1 Å². The summed E-state index contributed by atoms with van der Waals surface area (Å²) >= 11 is 0. The van der Waals surface area contributed by atoms with Gasteiger partial charge >= 0.3 is 0 Å². The molecule has 4 nitrogen and oxygen atoms in total. The minimum Gasteiger partial charge on any atom is -0.323 e. The molecule has 0 fully saturated rings. The molecule has 15 heavy (non-hydrogen) atoms. The van der Waals surface area contributed by atoms with E-state index < -0.39 is 4.92 Å². The summed E-state index contributed by atoms with van der Waals surface area (Å²) in [6.45, 7) is 3.55. The van der Waals surface area contributed by atoms with Gasteiger partial charge in [-0.25, -0.2) is 0 Å². The van der Waals surface area contributed by atoms with Crippen molar-refractivity contribution in [3.8, 4) is 0 Å². The second kappa shape index (κ2) is 6.16. The van der Waals surface area contributed by atoms with E-state index >= 15 is 0 Å². The van der Waals surface area contributed by atoms with Crippen molar-refractivity contribution in [1.29, 1.82) is 0 Å². The first kappa shape index (κ1) is 13.6. The summed E-state index contributed by atoms with van der Waals surface area (Å²) < 4.78 is 0. The first-order valence-electron chi connectivity index (χ1n) is 4.26. The minimum atomic E-state index is -0.418. The van der Waals surface area contributed by atoms with Crippen LogP contribution in [0.3, 0.4) is 0 Å². The molecule has 0 aliphatic rings. The van der Waals surface area contributed by atoms with Gasteiger partial charge in [-0.15, -0.1) is 19.0 Å². The van der Waals surface area contributed by atoms with E-state index in [1.54, 1.807) is 24.3 Å². The summed E-state index contributed by atoms with van der Waals surface area (Å²) in [5, 5.41) is 10.7. The molecule has 5 heteroatoms. The Balaban J connectivity index is 0.00000196. The third kappa shape index (κ3) is 3.34. The molecule has 0 heterocycles. The number of halogens is 1. The van der Waals surface area contributed by atoms with Crippen LogP contribution >= 0.6 is 12.4 Å². The second-order valence-electron chi connectivity index (χ2n) is 2.95. The Morgan fingerprint density at radius 3 is 2.67 bits per heavy atom. The van der Waals surface area contributed by atoms with Gasteiger partial charge in [-0.1, -0.05) is 24.3 Å². The minimum absolute atomic E-state index is 0. The van der Waals surface area contributed by atoms with Gasteiger partial charge in [0.2, 0.25) is 0 Å². The van der Waals surface area contributed by atoms with Crippen molar-refractivity contribution in [3.05, 3.63) is 52.6 Å². The van der Waals surface area contributed by atoms with Crippen molar-refractivity contribution in [2.75, 3.05) is 0 Å². The molecule has 0 aromatic heterocycles. The molecule has 1 aromatic rings. The lowest BCUT2D eigenvalue weighted by Crippen LogP contribution is -2.11. The molecule has 0 unspecified atom stereocenters. The largest absolute Gasteiger partial charge is 0.323 e. The standard InChI is InChI=1S/C10H12N2O2.ClH/c1-2-5-9(11)8-6-3-4-7-10(8)12(13)14;/h2-4,6-7,9H,1,5,11H2;1H/t9-;/m1./s1. The van der Waals surface area contributed by atoms with Crippen LogP contribution in [0.15, 0.2) is 36.9 Å². The highest BCUT2D eigenvalue weighted by Crippen LogP contribution is 2.24. The number of para-hydroxylation sites is 1. The number of hydrogen-bond acceptors (Lipinski definition) is 3. The van der Waals surface area contributed by atoms with E-state index in [1.807, 2.05) is 0 Å². The molecule has 1 rings (SSSR count). The first-order valence-corrected chi connectivity index (χ1v) is 4.26. The maximum absolute atomic E-state index is 10.7. The Labute approximate surface area is 94.3 Å². The molecule has 2 N–H and O–H groups in total. The summed E-state index contributed by atoms with van der Waals surface area (Å²) in [5.74, 6) is 0. The third-order valence-corrected chi connectivity index (χ3v) is 1.95. The molecular formula is C10H13ClN2O2. The molecule has 82 valence electrons. The Hall–Kier alpha value is -1.39. The Morgan fingerprint density at radius 2 is 2.13 bits per heavy atom. The van der Waals surface area contributed by atoms with Gasteiger partial charge in [-0.3, -0.25) is 10.1 Å². The summed E-state index contributed by atoms with van der Waals surface area (Å²) in [6.07, 6.45) is 2.19. The smallest absolute Gasteiger partial charge is 0.274 e. The van der Waals surface area contributed by atoms with Gasteiger partial charge in [0, 0.05) is 17.7 Å². The lowest BCUT2D eigenvalue weighted by Gasteiger charge is -2.09. The Kier molecular flexibility index (Phi) is 5.59. The van der Waals surface area contributed by atoms with Crippen molar-refractivity contribution in [2.24, 2.45) is 5.73 Å². The number of rotatable bonds is 4. The fourth-order valence-electron chi connectivity index (χ4n) is 1.27. The van der Waals surface area contributed by atoms with Gasteiger partial charge in [0.15, 0.2) is 0 Å². The van der Waals surface area contributed by atoms with Crippen LogP contribution in [-0.2, 0) is 0 Å². The molecule has 0 saturated heterocycles. The number of nitro groups is 1. The number of nitro benzene ring substituents is 1. The van der Waals surface area contributed by atoms with E-state index in [-0.39, 0.29) is 24.1 Å². The monoisotopic (exact) mass is 228 g/mol. The van der Waals surface area contributed by atoms with E-state index in [1.165, 1.54) is 6.07 Å². The van der Waals surface area contributed by atoms with Gasteiger partial charge in [0.25, 0.3) is 5.69 Å². The maximum atomic E-state index is 10.7. The fraction of sp³-hybridized carbons (Fsp3) is 0.200. The molecule has 0 amide bonds. The summed E-state index contributed by atoms with van der Waals surface area (Å²) in [5.41, 5.74) is 6.39. The fourth-order valence-corrected chi connectivity index (χ4v) is 1.27. The Morgan fingerprint density at radius 1 is 1.53 bits per heavy atom. The van der Waals surface area contributed by atoms with Gasteiger partial charge < -0.3 is 5.73 Å². The van der Waals surface area contributed by atoms with E-state index in [9.17, 15) is 10.1 Å². The highest BCUT2D eigenvalue weighted by Gasteiger charge is 2.16. The van der Waals surface area contributed by atoms with Crippen LogP contribution in [0.2, 0.25) is 0 Å². The maximum Gasteiger partial charge on any atom is 0.274 e. The van der Waals surface area contributed by atoms with Crippen molar-refractivity contribution < 1.29 is 4.92 Å². The second-order valence-corrected chi connectivity index (χ2v) is 2.95. The lowest BCUT2D eigenvalue weighted by molar-refractivity contribution is -0.385. The van der Waals surface area contributed by atoms with E-state index in [0.717, 1.165) is 0 Å². The van der Waals surface area contributed by atoms with E-state index in [0.29, 0.717) is 12.0 Å². The van der Waals surface area contributed by atoms with E-state index in [4.69, 9.17) is 5.73 Å². The van der Waals surface area contributed by atoms with Crippen molar-refractivity contribution in [3.63, 3.8) is 0 Å². The summed E-state index contributed by atoms with van der Waals surface area (Å²) in [6, 6.07) is 6.15. The zero-order valence-corrected chi connectivity index (χ0v) is 8.94. The molecule has 0 radical (unpaired) electrons. The van der Waals surface area contributed by atoms with Crippen LogP contribution in [-0.4, -0.2) is 4.92 Å². The lowest BCUT2D eigenvalue weighted by atomic mass is 10.0. The molecule has 0 saturated carbocycles. The van der Waals surface area contributed by atoms with Crippen LogP contribution < -0.4 is 5.73 Å². The van der Waals surface area contributed by atoms with Gasteiger partial charge in [0.05, 0.1) is 4.92 Å². The summed E-state index contributed by atoms with van der Waals surface area (Å²) in [7, 11) is 0. The van der Waals surface area contributed by atoms with Crippen LogP contribution in [0, 0.1) is 10.1 Å². The number of hydrogen-bond donors (Lipinski definition) is 1. The third-order valence-electron chi connectivity index (χ3n) is 1.95. The zero-order valence-electron chi connectivity index (χ0n) is 8.13. The van der Waals surface area contributed by atoms with Crippen LogP contribution in [0.25, 0.3) is 0 Å². The predicted octanol–water partition coefficient (Wildman–Crippen LogP) is 2.59. The average Bonchev–Trinajstić information content (AvgIpc) is 2.18. The normalized spacial score (nSPS) is 11.3. The predicted molar refractivity (Wildman–Crippen MR) is 62.1 cm³/mol. The van der Waals surface area contributed by atoms with Crippen molar-refractivity contribution in [2.45, 2.75) is 12.5 Å². The quantitative estimate of drug-likeness (QED) is 0.489. The number of nitrogens with two attached hydrogens (primary N) is 1. The SMILES string of the molecule is C=CC[C@@H](N)c1ccccc1[N+](=O)[O-].Cl. The van der Waals surface area contributed by atoms with Gasteiger partial charge in [0.1, 0.15) is 0 Å². The van der Waals surface area contributed by atoms with Crippen LogP contribution in [0.5, 0.6) is 0 Å². The Bertz CT molecular complexity index is 355. The summed E-state index contributed by atoms with van der Waals surface area (Å²) in [4.78, 5) is 10.2. The van der Waals surface area contributed by atoms with Gasteiger partial charge in [-0.2, -0.15) is 0 Å². The molecule has 0 bridgehead atoms. The topological polar surface area (TPSA) is 69.2 Å². The average molecular weight is 229 g/mol. The number of nitrogens with zero attached hydrogens (tertiary/aromatic N) is 1. The zero-order chi connectivity index (χ0) is 10.6. The van der Waals surface area contributed by atoms with Gasteiger partial charge in [-0.05, 0) is 6.42 Å². The molecule has 1 aromatic carbocycles. The molecule has 1 atom stereocenters. The van der Waals surface area contributed by atoms with Crippen molar-refractivity contribution in [1.82, 2.24) is 0 Å². The highest BCUT2D eigenvalue weighted by molar-refractivity contribution is 5.85. The molecule has 0 aliphatic heterocycles. The molecule has 0 aliphatic carbocycles. The van der Waals surface area contributed by atoms with Crippen LogP contribution in [0.4, 0.5) is 5.69 Å². The molecule has 0 spiro atoms. The number of benzene rings is 1.